The summed E-state index contributed by atoms with van der Waals surface area (Å²) >= 11 is 5.27. The van der Waals surface area contributed by atoms with Gasteiger partial charge in [0.2, 0.25) is 11.8 Å². The molecular weight excluding hydrogens is 346 g/mol. The minimum Gasteiger partial charge on any atom is -0.332 e. The first kappa shape index (κ1) is 20.4. The van der Waals surface area contributed by atoms with Gasteiger partial charge in [-0.15, -0.1) is 0 Å². The highest BCUT2D eigenvalue weighted by atomic mass is 32.1. The van der Waals surface area contributed by atoms with Gasteiger partial charge in [0.25, 0.3) is 0 Å². The molecule has 2 amide bonds. The second kappa shape index (κ2) is 10.3. The number of benzene rings is 1. The lowest BCUT2D eigenvalue weighted by atomic mass is 9.86. The minimum atomic E-state index is -0.0406. The van der Waals surface area contributed by atoms with Gasteiger partial charge in [-0.1, -0.05) is 45.1 Å². The van der Waals surface area contributed by atoms with Crippen LogP contribution in [-0.4, -0.2) is 16.9 Å². The van der Waals surface area contributed by atoms with E-state index in [1.807, 2.05) is 32.0 Å². The van der Waals surface area contributed by atoms with Crippen LogP contribution >= 0.6 is 12.2 Å². The maximum atomic E-state index is 12.1. The number of anilines is 2. The molecule has 0 aliphatic heterocycles. The molecule has 26 heavy (non-hydrogen) atoms. The maximum absolute atomic E-state index is 12.1. The Morgan fingerprint density at radius 3 is 2.38 bits per heavy atom. The molecule has 1 fully saturated rings. The van der Waals surface area contributed by atoms with Crippen molar-refractivity contribution < 1.29 is 9.59 Å². The largest absolute Gasteiger partial charge is 0.332 e. The van der Waals surface area contributed by atoms with Crippen LogP contribution in [0.1, 0.15) is 63.9 Å². The number of thiocarbonyl (C=S) groups is 1. The first-order valence-corrected chi connectivity index (χ1v) is 9.90. The van der Waals surface area contributed by atoms with E-state index >= 15 is 0 Å². The Morgan fingerprint density at radius 2 is 1.73 bits per heavy atom. The van der Waals surface area contributed by atoms with Crippen molar-refractivity contribution in [1.82, 2.24) is 5.32 Å². The van der Waals surface area contributed by atoms with E-state index in [0.717, 1.165) is 23.4 Å². The molecule has 1 aromatic rings. The van der Waals surface area contributed by atoms with Crippen molar-refractivity contribution in [3.8, 4) is 0 Å². The lowest BCUT2D eigenvalue weighted by molar-refractivity contribution is -0.120. The molecule has 1 saturated carbocycles. The van der Waals surface area contributed by atoms with E-state index < -0.39 is 0 Å². The van der Waals surface area contributed by atoms with Crippen LogP contribution in [0.15, 0.2) is 18.2 Å². The predicted octanol–water partition coefficient (Wildman–Crippen LogP) is 4.52. The molecule has 0 radical (unpaired) electrons. The fourth-order valence-electron chi connectivity index (χ4n) is 3.30. The van der Waals surface area contributed by atoms with Gasteiger partial charge < -0.3 is 16.0 Å². The molecule has 0 unspecified atom stereocenters. The molecule has 1 aromatic carbocycles. The van der Waals surface area contributed by atoms with Gasteiger partial charge in [0.15, 0.2) is 5.11 Å². The van der Waals surface area contributed by atoms with Crippen molar-refractivity contribution in [3.05, 3.63) is 23.8 Å². The van der Waals surface area contributed by atoms with Gasteiger partial charge in [-0.05, 0) is 49.2 Å². The molecule has 0 saturated heterocycles. The Kier molecular flexibility index (Phi) is 8.04. The average molecular weight is 376 g/mol. The molecule has 0 aromatic heterocycles. The Hall–Kier alpha value is -1.95. The van der Waals surface area contributed by atoms with E-state index in [-0.39, 0.29) is 11.8 Å². The molecule has 0 bridgehead atoms. The molecule has 5 nitrogen and oxygen atoms in total. The second-order valence-corrected chi connectivity index (χ2v) is 7.33. The lowest BCUT2D eigenvalue weighted by Gasteiger charge is -2.21. The Labute approximate surface area is 161 Å². The lowest BCUT2D eigenvalue weighted by Crippen LogP contribution is -2.34. The molecule has 1 aliphatic carbocycles. The van der Waals surface area contributed by atoms with Gasteiger partial charge in [0, 0.05) is 24.2 Å². The fraction of sp³-hybridized carbons (Fsp3) is 0.550. The molecule has 2 rings (SSSR count). The number of amides is 2. The topological polar surface area (TPSA) is 70.2 Å². The van der Waals surface area contributed by atoms with E-state index in [1.165, 1.54) is 32.1 Å². The summed E-state index contributed by atoms with van der Waals surface area (Å²) < 4.78 is 0. The molecule has 3 N–H and O–H groups in total. The quantitative estimate of drug-likeness (QED) is 0.640. The first-order chi connectivity index (χ1) is 12.5. The Morgan fingerprint density at radius 1 is 1.08 bits per heavy atom. The van der Waals surface area contributed by atoms with Gasteiger partial charge in [0.05, 0.1) is 0 Å². The van der Waals surface area contributed by atoms with Crippen LogP contribution in [0, 0.1) is 12.8 Å². The van der Waals surface area contributed by atoms with Crippen LogP contribution in [0.2, 0.25) is 0 Å². The summed E-state index contributed by atoms with van der Waals surface area (Å²) in [7, 11) is 0. The summed E-state index contributed by atoms with van der Waals surface area (Å²) in [5, 5.41) is 8.97. The second-order valence-electron chi connectivity index (χ2n) is 6.92. The smallest absolute Gasteiger partial charge is 0.226 e. The van der Waals surface area contributed by atoms with Crippen molar-refractivity contribution in [3.63, 3.8) is 0 Å². The van der Waals surface area contributed by atoms with Crippen molar-refractivity contribution >= 4 is 40.5 Å². The fourth-order valence-corrected chi connectivity index (χ4v) is 3.52. The number of carbonyl (C=O) groups is 2. The number of nitrogens with one attached hydrogen (secondary N) is 3. The molecule has 142 valence electrons. The van der Waals surface area contributed by atoms with Gasteiger partial charge in [-0.25, -0.2) is 0 Å². The standard InChI is InChI=1S/C20H29N3O2S/c1-3-18(24)21-16-10-7-11-17(14(16)2)22-20(26)23-19(25)13-12-15-8-5-4-6-9-15/h7,10-11,15H,3-6,8-9,12-13H2,1-2H3,(H,21,24)(H2,22,23,25,26). The molecule has 0 spiro atoms. The van der Waals surface area contributed by atoms with Crippen molar-refractivity contribution in [2.45, 2.75) is 65.2 Å². The van der Waals surface area contributed by atoms with E-state index in [0.29, 0.717) is 23.9 Å². The predicted molar refractivity (Wildman–Crippen MR) is 110 cm³/mol. The average Bonchev–Trinajstić information content (AvgIpc) is 2.64. The van der Waals surface area contributed by atoms with Crippen LogP contribution in [0.3, 0.4) is 0 Å². The normalized spacial score (nSPS) is 14.5. The summed E-state index contributed by atoms with van der Waals surface area (Å²) in [5.74, 6) is 0.599. The zero-order chi connectivity index (χ0) is 18.9. The van der Waals surface area contributed by atoms with Crippen LogP contribution in [0.25, 0.3) is 0 Å². The van der Waals surface area contributed by atoms with E-state index in [2.05, 4.69) is 16.0 Å². The van der Waals surface area contributed by atoms with E-state index in [1.54, 1.807) is 0 Å². The summed E-state index contributed by atoms with van der Waals surface area (Å²) in [4.78, 5) is 23.7. The molecule has 0 heterocycles. The zero-order valence-electron chi connectivity index (χ0n) is 15.7. The zero-order valence-corrected chi connectivity index (χ0v) is 16.5. The molecule has 0 atom stereocenters. The monoisotopic (exact) mass is 375 g/mol. The molecule has 6 heteroatoms. The molecule has 1 aliphatic rings. The number of carbonyl (C=O) groups excluding carboxylic acids is 2. The third kappa shape index (κ3) is 6.41. The first-order valence-electron chi connectivity index (χ1n) is 9.50. The van der Waals surface area contributed by atoms with Gasteiger partial charge in [0.1, 0.15) is 0 Å². The summed E-state index contributed by atoms with van der Waals surface area (Å²) in [6.07, 6.45) is 8.26. The highest BCUT2D eigenvalue weighted by Crippen LogP contribution is 2.27. The summed E-state index contributed by atoms with van der Waals surface area (Å²) in [5.41, 5.74) is 2.40. The van der Waals surface area contributed by atoms with Crippen LogP contribution in [-0.2, 0) is 9.59 Å². The third-order valence-electron chi connectivity index (χ3n) is 4.93. The Bertz CT molecular complexity index is 654. The summed E-state index contributed by atoms with van der Waals surface area (Å²) in [6.45, 7) is 3.71. The number of rotatable bonds is 6. The van der Waals surface area contributed by atoms with Gasteiger partial charge in [-0.3, -0.25) is 9.59 Å². The number of hydrogen-bond donors (Lipinski definition) is 3. The SMILES string of the molecule is CCC(=O)Nc1cccc(NC(=S)NC(=O)CCC2CCCCC2)c1C. The van der Waals surface area contributed by atoms with Crippen molar-refractivity contribution in [1.29, 1.82) is 0 Å². The van der Waals surface area contributed by atoms with Crippen LogP contribution < -0.4 is 16.0 Å². The third-order valence-corrected chi connectivity index (χ3v) is 5.14. The van der Waals surface area contributed by atoms with Crippen LogP contribution in [0.5, 0.6) is 0 Å². The van der Waals surface area contributed by atoms with Crippen LogP contribution in [0.4, 0.5) is 11.4 Å². The van der Waals surface area contributed by atoms with Gasteiger partial charge in [-0.2, -0.15) is 0 Å². The Balaban J connectivity index is 1.83. The van der Waals surface area contributed by atoms with Crippen molar-refractivity contribution in [2.24, 2.45) is 5.92 Å². The highest BCUT2D eigenvalue weighted by Gasteiger charge is 2.15. The van der Waals surface area contributed by atoms with E-state index in [9.17, 15) is 9.59 Å². The number of hydrogen-bond acceptors (Lipinski definition) is 3. The highest BCUT2D eigenvalue weighted by molar-refractivity contribution is 7.80. The minimum absolute atomic E-state index is 0.0381. The maximum Gasteiger partial charge on any atom is 0.226 e. The van der Waals surface area contributed by atoms with E-state index in [4.69, 9.17) is 12.2 Å². The van der Waals surface area contributed by atoms with Gasteiger partial charge >= 0.3 is 0 Å². The summed E-state index contributed by atoms with van der Waals surface area (Å²) in [6, 6.07) is 5.56. The van der Waals surface area contributed by atoms with Crippen molar-refractivity contribution in [2.75, 3.05) is 10.6 Å². The molecular formula is C20H29N3O2S.